The van der Waals surface area contributed by atoms with Crippen LogP contribution in [-0.4, -0.2) is 23.9 Å². The molecule has 1 fully saturated rings. The van der Waals surface area contributed by atoms with E-state index in [1.807, 2.05) is 0 Å². The number of nitrogens with zero attached hydrogens (tertiary/aromatic N) is 1. The first-order valence-corrected chi connectivity index (χ1v) is 6.68. The molecule has 1 aromatic carbocycles. The summed E-state index contributed by atoms with van der Waals surface area (Å²) in [5, 5.41) is 0.421. The molecule has 0 N–H and O–H groups in total. The lowest BCUT2D eigenvalue weighted by Gasteiger charge is -2.26. The zero-order valence-electron chi connectivity index (χ0n) is 10.9. The van der Waals surface area contributed by atoms with Crippen molar-refractivity contribution in [3.63, 3.8) is 0 Å². The number of para-hydroxylation sites is 1. The zero-order chi connectivity index (χ0) is 14.1. The number of hydrogen-bond acceptors (Lipinski definition) is 3. The van der Waals surface area contributed by atoms with Crippen LogP contribution in [0.4, 0.5) is 4.39 Å². The first kappa shape index (κ1) is 12.8. The quantitative estimate of drug-likeness (QED) is 0.751. The predicted octanol–water partition coefficient (Wildman–Crippen LogP) is 2.56. The number of rotatable bonds is 1. The van der Waals surface area contributed by atoms with Crippen molar-refractivity contribution < 1.29 is 13.6 Å². The fourth-order valence-electron chi connectivity index (χ4n) is 2.53. The summed E-state index contributed by atoms with van der Waals surface area (Å²) in [5.74, 6) is -0.929. The van der Waals surface area contributed by atoms with Crippen LogP contribution in [0.1, 0.15) is 29.6 Å². The van der Waals surface area contributed by atoms with Gasteiger partial charge in [0.1, 0.15) is 5.56 Å². The minimum Gasteiger partial charge on any atom is -0.419 e. The average Bonchev–Trinajstić information content (AvgIpc) is 2.48. The molecule has 5 heteroatoms. The van der Waals surface area contributed by atoms with E-state index in [4.69, 9.17) is 4.42 Å². The summed E-state index contributed by atoms with van der Waals surface area (Å²) < 4.78 is 18.5. The van der Waals surface area contributed by atoms with Crippen molar-refractivity contribution in [2.24, 2.45) is 0 Å². The zero-order valence-corrected chi connectivity index (χ0v) is 10.9. The summed E-state index contributed by atoms with van der Waals surface area (Å²) in [5.41, 5.74) is -0.907. The first-order valence-electron chi connectivity index (χ1n) is 6.68. The standard InChI is InChI=1S/C15H14FNO3/c16-12-6-4-5-10-9-11(15(19)20-13(10)12)14(18)17-7-2-1-3-8-17/h4-6,9H,1-3,7-8H2. The third-order valence-electron chi connectivity index (χ3n) is 3.59. The van der Waals surface area contributed by atoms with Gasteiger partial charge in [-0.3, -0.25) is 4.79 Å². The minimum atomic E-state index is -0.779. The van der Waals surface area contributed by atoms with Gasteiger partial charge in [0.25, 0.3) is 5.91 Å². The molecule has 0 atom stereocenters. The van der Waals surface area contributed by atoms with Crippen molar-refractivity contribution in [1.82, 2.24) is 4.90 Å². The van der Waals surface area contributed by atoms with E-state index < -0.39 is 11.4 Å². The Morgan fingerprint density at radius 2 is 1.95 bits per heavy atom. The number of halogens is 1. The lowest BCUT2D eigenvalue weighted by molar-refractivity contribution is 0.0720. The number of carbonyl (C=O) groups is 1. The second-order valence-corrected chi connectivity index (χ2v) is 4.96. The summed E-state index contributed by atoms with van der Waals surface area (Å²) in [7, 11) is 0. The van der Waals surface area contributed by atoms with E-state index in [-0.39, 0.29) is 17.1 Å². The van der Waals surface area contributed by atoms with Crippen LogP contribution >= 0.6 is 0 Å². The van der Waals surface area contributed by atoms with Gasteiger partial charge in [-0.25, -0.2) is 9.18 Å². The Balaban J connectivity index is 2.05. The molecule has 4 nitrogen and oxygen atoms in total. The highest BCUT2D eigenvalue weighted by molar-refractivity contribution is 5.96. The van der Waals surface area contributed by atoms with Gasteiger partial charge < -0.3 is 9.32 Å². The molecule has 0 unspecified atom stereocenters. The molecule has 0 bridgehead atoms. The summed E-state index contributed by atoms with van der Waals surface area (Å²) in [6.07, 6.45) is 2.99. The van der Waals surface area contributed by atoms with Gasteiger partial charge in [-0.1, -0.05) is 12.1 Å². The molecule has 2 heterocycles. The highest BCUT2D eigenvalue weighted by Crippen LogP contribution is 2.18. The second-order valence-electron chi connectivity index (χ2n) is 4.96. The Hall–Kier alpha value is -2.17. The monoisotopic (exact) mass is 275 g/mol. The Bertz CT molecular complexity index is 717. The topological polar surface area (TPSA) is 50.5 Å². The normalized spacial score (nSPS) is 15.6. The fourth-order valence-corrected chi connectivity index (χ4v) is 2.53. The molecule has 0 aliphatic carbocycles. The van der Waals surface area contributed by atoms with E-state index in [1.54, 1.807) is 11.0 Å². The maximum Gasteiger partial charge on any atom is 0.349 e. The van der Waals surface area contributed by atoms with Crippen LogP contribution in [0, 0.1) is 5.82 Å². The van der Waals surface area contributed by atoms with Crippen molar-refractivity contribution in [2.45, 2.75) is 19.3 Å². The maximum atomic E-state index is 13.5. The number of fused-ring (bicyclic) bond motifs is 1. The van der Waals surface area contributed by atoms with Crippen molar-refractivity contribution >= 4 is 16.9 Å². The van der Waals surface area contributed by atoms with Gasteiger partial charge in [-0.15, -0.1) is 0 Å². The Morgan fingerprint density at radius 3 is 2.70 bits per heavy atom. The molecule has 0 spiro atoms. The van der Waals surface area contributed by atoms with Crippen LogP contribution in [0.3, 0.4) is 0 Å². The minimum absolute atomic E-state index is 0.0231. The number of benzene rings is 1. The van der Waals surface area contributed by atoms with E-state index in [0.29, 0.717) is 18.5 Å². The molecular formula is C15H14FNO3. The lowest BCUT2D eigenvalue weighted by atomic mass is 10.1. The van der Waals surface area contributed by atoms with E-state index in [2.05, 4.69) is 0 Å². The number of amides is 1. The third kappa shape index (κ3) is 2.19. The molecule has 104 valence electrons. The Labute approximate surface area is 114 Å². The molecule has 1 aliphatic heterocycles. The number of piperidine rings is 1. The highest BCUT2D eigenvalue weighted by Gasteiger charge is 2.22. The van der Waals surface area contributed by atoms with Crippen LogP contribution in [0.2, 0.25) is 0 Å². The molecule has 20 heavy (non-hydrogen) atoms. The predicted molar refractivity (Wildman–Crippen MR) is 72.2 cm³/mol. The van der Waals surface area contributed by atoms with Crippen LogP contribution < -0.4 is 5.63 Å². The molecular weight excluding hydrogens is 261 g/mol. The fraction of sp³-hybridized carbons (Fsp3) is 0.333. The number of hydrogen-bond donors (Lipinski definition) is 0. The molecule has 2 aromatic rings. The SMILES string of the molecule is O=C(c1cc2cccc(F)c2oc1=O)N1CCCCC1. The van der Waals surface area contributed by atoms with Crippen molar-refractivity contribution in [1.29, 1.82) is 0 Å². The largest absolute Gasteiger partial charge is 0.419 e. The molecule has 3 rings (SSSR count). The summed E-state index contributed by atoms with van der Waals surface area (Å²) in [6, 6.07) is 5.78. The average molecular weight is 275 g/mol. The first-order chi connectivity index (χ1) is 9.66. The highest BCUT2D eigenvalue weighted by atomic mass is 19.1. The second kappa shape index (κ2) is 5.07. The maximum absolute atomic E-state index is 13.5. The summed E-state index contributed by atoms with van der Waals surface area (Å²) in [4.78, 5) is 25.9. The van der Waals surface area contributed by atoms with Gasteiger partial charge in [0.05, 0.1) is 0 Å². The van der Waals surface area contributed by atoms with E-state index in [1.165, 1.54) is 18.2 Å². The molecule has 1 saturated heterocycles. The van der Waals surface area contributed by atoms with Gasteiger partial charge in [0.2, 0.25) is 0 Å². The van der Waals surface area contributed by atoms with Crippen LogP contribution in [0.15, 0.2) is 33.5 Å². The van der Waals surface area contributed by atoms with E-state index >= 15 is 0 Å². The van der Waals surface area contributed by atoms with Crippen LogP contribution in [0.5, 0.6) is 0 Å². The Morgan fingerprint density at radius 1 is 1.20 bits per heavy atom. The van der Waals surface area contributed by atoms with Crippen molar-refractivity contribution in [3.05, 3.63) is 46.1 Å². The van der Waals surface area contributed by atoms with Crippen LogP contribution in [0.25, 0.3) is 11.0 Å². The molecule has 0 radical (unpaired) electrons. The summed E-state index contributed by atoms with van der Waals surface area (Å²) >= 11 is 0. The third-order valence-corrected chi connectivity index (χ3v) is 3.59. The van der Waals surface area contributed by atoms with Crippen molar-refractivity contribution in [2.75, 3.05) is 13.1 Å². The van der Waals surface area contributed by atoms with Gasteiger partial charge >= 0.3 is 5.63 Å². The van der Waals surface area contributed by atoms with Crippen molar-refractivity contribution in [3.8, 4) is 0 Å². The molecule has 1 amide bonds. The van der Waals surface area contributed by atoms with Gasteiger partial charge in [0.15, 0.2) is 11.4 Å². The molecule has 0 saturated carbocycles. The summed E-state index contributed by atoms with van der Waals surface area (Å²) in [6.45, 7) is 1.30. The smallest absolute Gasteiger partial charge is 0.349 e. The molecule has 1 aromatic heterocycles. The number of carbonyl (C=O) groups excluding carboxylic acids is 1. The van der Waals surface area contributed by atoms with E-state index in [0.717, 1.165) is 19.3 Å². The Kier molecular flexibility index (Phi) is 3.26. The van der Waals surface area contributed by atoms with Crippen LogP contribution in [-0.2, 0) is 0 Å². The van der Waals surface area contributed by atoms with Gasteiger partial charge in [-0.05, 0) is 31.4 Å². The lowest BCUT2D eigenvalue weighted by Crippen LogP contribution is -2.37. The van der Waals surface area contributed by atoms with Gasteiger partial charge in [0, 0.05) is 18.5 Å². The number of likely N-dealkylation sites (tertiary alicyclic amines) is 1. The van der Waals surface area contributed by atoms with E-state index in [9.17, 15) is 14.0 Å². The van der Waals surface area contributed by atoms with Gasteiger partial charge in [-0.2, -0.15) is 0 Å². The molecule has 1 aliphatic rings.